The van der Waals surface area contributed by atoms with Crippen molar-refractivity contribution in [2.75, 3.05) is 0 Å². The Hall–Kier alpha value is -1.82. The minimum Gasteiger partial charge on any atom is -0.481 e. The maximum Gasteiger partial charge on any atom is 0.307 e. The molecule has 1 N–H and O–H groups in total. The highest BCUT2D eigenvalue weighted by atomic mass is 16.4. The molecule has 0 spiro atoms. The van der Waals surface area contributed by atoms with E-state index in [1.54, 1.807) is 6.07 Å². The average Bonchev–Trinajstić information content (AvgIpc) is 2.15. The first kappa shape index (κ1) is 11.3. The summed E-state index contributed by atoms with van der Waals surface area (Å²) in [4.78, 5) is 10.7. The topological polar surface area (TPSA) is 61.1 Å². The number of carboxylic acids is 1. The SMILES string of the molecule is CCc1c(C#N)cc(C)cc1CC(=O)O. The van der Waals surface area contributed by atoms with Gasteiger partial charge in [-0.25, -0.2) is 0 Å². The molecule has 0 aliphatic heterocycles. The van der Waals surface area contributed by atoms with Gasteiger partial charge in [0.1, 0.15) is 0 Å². The first-order chi connectivity index (χ1) is 7.08. The van der Waals surface area contributed by atoms with Crippen LogP contribution in [0.15, 0.2) is 12.1 Å². The lowest BCUT2D eigenvalue weighted by atomic mass is 9.95. The van der Waals surface area contributed by atoms with Gasteiger partial charge >= 0.3 is 5.97 Å². The molecule has 0 heterocycles. The molecular weight excluding hydrogens is 190 g/mol. The second kappa shape index (κ2) is 4.61. The molecule has 1 rings (SSSR count). The monoisotopic (exact) mass is 203 g/mol. The summed E-state index contributed by atoms with van der Waals surface area (Å²) in [6.07, 6.45) is 0.672. The van der Waals surface area contributed by atoms with Gasteiger partial charge in [-0.1, -0.05) is 13.0 Å². The number of hydrogen-bond donors (Lipinski definition) is 1. The van der Waals surface area contributed by atoms with E-state index < -0.39 is 5.97 Å². The normalized spacial score (nSPS) is 9.67. The lowest BCUT2D eigenvalue weighted by molar-refractivity contribution is -0.136. The molecule has 0 aliphatic carbocycles. The van der Waals surface area contributed by atoms with Crippen LogP contribution < -0.4 is 0 Å². The van der Waals surface area contributed by atoms with E-state index in [2.05, 4.69) is 6.07 Å². The number of nitriles is 1. The van der Waals surface area contributed by atoms with Gasteiger partial charge in [0.25, 0.3) is 0 Å². The van der Waals surface area contributed by atoms with Crippen LogP contribution in [-0.2, 0) is 17.6 Å². The van der Waals surface area contributed by atoms with Crippen molar-refractivity contribution in [3.63, 3.8) is 0 Å². The van der Waals surface area contributed by atoms with Gasteiger partial charge < -0.3 is 5.11 Å². The Kier molecular flexibility index (Phi) is 3.46. The van der Waals surface area contributed by atoms with Crippen molar-refractivity contribution in [1.29, 1.82) is 5.26 Å². The van der Waals surface area contributed by atoms with Crippen LogP contribution in [0.5, 0.6) is 0 Å². The largest absolute Gasteiger partial charge is 0.481 e. The molecule has 0 bridgehead atoms. The van der Waals surface area contributed by atoms with Crippen molar-refractivity contribution < 1.29 is 9.90 Å². The van der Waals surface area contributed by atoms with Crippen LogP contribution in [0, 0.1) is 18.3 Å². The summed E-state index contributed by atoms with van der Waals surface area (Å²) in [5, 5.41) is 17.7. The van der Waals surface area contributed by atoms with E-state index in [0.717, 1.165) is 16.7 Å². The zero-order chi connectivity index (χ0) is 11.4. The smallest absolute Gasteiger partial charge is 0.307 e. The van der Waals surface area contributed by atoms with Crippen LogP contribution in [0.4, 0.5) is 0 Å². The summed E-state index contributed by atoms with van der Waals surface area (Å²) < 4.78 is 0. The van der Waals surface area contributed by atoms with Crippen molar-refractivity contribution in [2.45, 2.75) is 26.7 Å². The second-order valence-electron chi connectivity index (χ2n) is 3.49. The molecule has 0 atom stereocenters. The van der Waals surface area contributed by atoms with Crippen molar-refractivity contribution >= 4 is 5.97 Å². The number of hydrogen-bond acceptors (Lipinski definition) is 2. The Morgan fingerprint density at radius 1 is 1.53 bits per heavy atom. The Morgan fingerprint density at radius 2 is 2.20 bits per heavy atom. The Morgan fingerprint density at radius 3 is 2.67 bits per heavy atom. The zero-order valence-corrected chi connectivity index (χ0v) is 8.87. The molecule has 0 saturated carbocycles. The van der Waals surface area contributed by atoms with Gasteiger partial charge in [0.2, 0.25) is 0 Å². The van der Waals surface area contributed by atoms with E-state index in [-0.39, 0.29) is 6.42 Å². The quantitative estimate of drug-likeness (QED) is 0.817. The number of carboxylic acid groups (broad SMARTS) is 1. The molecular formula is C12H13NO2. The summed E-state index contributed by atoms with van der Waals surface area (Å²) in [6.45, 7) is 3.79. The Balaban J connectivity index is 3.30. The summed E-state index contributed by atoms with van der Waals surface area (Å²) in [6, 6.07) is 5.74. The van der Waals surface area contributed by atoms with Crippen LogP contribution in [0.3, 0.4) is 0 Å². The molecule has 1 aromatic rings. The molecule has 0 aliphatic rings. The van der Waals surface area contributed by atoms with Gasteiger partial charge in [0, 0.05) is 0 Å². The van der Waals surface area contributed by atoms with Crippen molar-refractivity contribution in [2.24, 2.45) is 0 Å². The predicted octanol–water partition coefficient (Wildman–Crippen LogP) is 2.06. The van der Waals surface area contributed by atoms with Crippen LogP contribution in [0.1, 0.15) is 29.2 Å². The highest BCUT2D eigenvalue weighted by molar-refractivity contribution is 5.71. The van der Waals surface area contributed by atoms with Gasteiger partial charge in [-0.15, -0.1) is 0 Å². The zero-order valence-electron chi connectivity index (χ0n) is 8.87. The molecule has 0 radical (unpaired) electrons. The van der Waals surface area contributed by atoms with Crippen molar-refractivity contribution in [3.05, 3.63) is 34.4 Å². The van der Waals surface area contributed by atoms with E-state index in [9.17, 15) is 4.79 Å². The third-order valence-corrected chi connectivity index (χ3v) is 2.30. The fraction of sp³-hybridized carbons (Fsp3) is 0.333. The minimum atomic E-state index is -0.862. The van der Waals surface area contributed by atoms with Crippen LogP contribution in [0.25, 0.3) is 0 Å². The molecule has 0 amide bonds. The molecule has 0 aromatic heterocycles. The summed E-state index contributed by atoms with van der Waals surface area (Å²) in [7, 11) is 0. The molecule has 0 saturated heterocycles. The summed E-state index contributed by atoms with van der Waals surface area (Å²) in [5.74, 6) is -0.862. The molecule has 1 aromatic carbocycles. The fourth-order valence-electron chi connectivity index (χ4n) is 1.73. The number of rotatable bonds is 3. The molecule has 3 heteroatoms. The van der Waals surface area contributed by atoms with Crippen LogP contribution in [0.2, 0.25) is 0 Å². The van der Waals surface area contributed by atoms with E-state index in [1.165, 1.54) is 0 Å². The van der Waals surface area contributed by atoms with Gasteiger partial charge in [0.05, 0.1) is 18.1 Å². The Labute approximate surface area is 89.0 Å². The number of aryl methyl sites for hydroxylation is 1. The number of nitrogens with zero attached hydrogens (tertiary/aromatic N) is 1. The standard InChI is InChI=1S/C12H13NO2/c1-3-11-9(6-12(14)15)4-8(2)5-10(11)7-13/h4-5H,3,6H2,1-2H3,(H,14,15). The van der Waals surface area contributed by atoms with E-state index >= 15 is 0 Å². The van der Waals surface area contributed by atoms with Gasteiger partial charge in [0.15, 0.2) is 0 Å². The maximum absolute atomic E-state index is 10.7. The van der Waals surface area contributed by atoms with Gasteiger partial charge in [-0.05, 0) is 36.1 Å². The first-order valence-corrected chi connectivity index (χ1v) is 4.82. The summed E-state index contributed by atoms with van der Waals surface area (Å²) >= 11 is 0. The molecule has 3 nitrogen and oxygen atoms in total. The molecule has 15 heavy (non-hydrogen) atoms. The van der Waals surface area contributed by atoms with Gasteiger partial charge in [-0.2, -0.15) is 5.26 Å². The lowest BCUT2D eigenvalue weighted by Crippen LogP contribution is -2.05. The number of benzene rings is 1. The third-order valence-electron chi connectivity index (χ3n) is 2.30. The van der Waals surface area contributed by atoms with Gasteiger partial charge in [-0.3, -0.25) is 4.79 Å². The number of carbonyl (C=O) groups is 1. The van der Waals surface area contributed by atoms with E-state index in [4.69, 9.17) is 10.4 Å². The maximum atomic E-state index is 10.7. The molecule has 0 unspecified atom stereocenters. The highest BCUT2D eigenvalue weighted by Crippen LogP contribution is 2.18. The highest BCUT2D eigenvalue weighted by Gasteiger charge is 2.10. The van der Waals surface area contributed by atoms with E-state index in [0.29, 0.717) is 12.0 Å². The Bertz CT molecular complexity index is 430. The van der Waals surface area contributed by atoms with Crippen LogP contribution >= 0.6 is 0 Å². The predicted molar refractivity (Wildman–Crippen MR) is 56.6 cm³/mol. The summed E-state index contributed by atoms with van der Waals surface area (Å²) in [5.41, 5.74) is 3.13. The molecule has 78 valence electrons. The van der Waals surface area contributed by atoms with Crippen molar-refractivity contribution in [3.8, 4) is 6.07 Å². The third kappa shape index (κ3) is 2.57. The lowest BCUT2D eigenvalue weighted by Gasteiger charge is -2.09. The average molecular weight is 203 g/mol. The van der Waals surface area contributed by atoms with Crippen molar-refractivity contribution in [1.82, 2.24) is 0 Å². The van der Waals surface area contributed by atoms with Crippen LogP contribution in [-0.4, -0.2) is 11.1 Å². The second-order valence-corrected chi connectivity index (χ2v) is 3.49. The van der Waals surface area contributed by atoms with E-state index in [1.807, 2.05) is 19.9 Å². The number of aliphatic carboxylic acids is 1. The molecule has 0 fully saturated rings. The first-order valence-electron chi connectivity index (χ1n) is 4.82. The fourth-order valence-corrected chi connectivity index (χ4v) is 1.73. The minimum absolute atomic E-state index is 0.0144.